The average molecular weight is 423 g/mol. The highest BCUT2D eigenvalue weighted by Gasteiger charge is 2.37. The zero-order valence-corrected chi connectivity index (χ0v) is 13.5. The molecule has 1 aliphatic heterocycles. The number of rotatable bonds is 3. The molecule has 1 unspecified atom stereocenters. The second kappa shape index (κ2) is 5.56. The first-order valence-corrected chi connectivity index (χ1v) is 7.46. The lowest BCUT2D eigenvalue weighted by atomic mass is 10.2. The maximum atomic E-state index is 12.0. The number of nitrogens with one attached hydrogen (secondary N) is 1. The summed E-state index contributed by atoms with van der Waals surface area (Å²) in [4.78, 5) is 24.9. The van der Waals surface area contributed by atoms with Crippen LogP contribution in [0.5, 0.6) is 0 Å². The quantitative estimate of drug-likeness (QED) is 0.601. The van der Waals surface area contributed by atoms with E-state index in [1.54, 1.807) is 6.92 Å². The molecule has 1 aromatic carbocycles. The smallest absolute Gasteiger partial charge is 0.252 e. The standard InChI is InChI=1S/C12H12BrIN2O2/c1-2-16-11(17)6-10(12(16)18)15-9-5-7(14)3-4-8(9)13/h3-5,10,15H,2,6H2,1H3. The van der Waals surface area contributed by atoms with E-state index in [2.05, 4.69) is 43.8 Å². The van der Waals surface area contributed by atoms with E-state index >= 15 is 0 Å². The summed E-state index contributed by atoms with van der Waals surface area (Å²) in [5.74, 6) is -0.255. The minimum absolute atomic E-state index is 0.109. The van der Waals surface area contributed by atoms with Gasteiger partial charge in [-0.1, -0.05) is 0 Å². The van der Waals surface area contributed by atoms with Gasteiger partial charge in [0.25, 0.3) is 5.91 Å². The van der Waals surface area contributed by atoms with Crippen LogP contribution in [0, 0.1) is 3.57 Å². The predicted molar refractivity (Wildman–Crippen MR) is 81.3 cm³/mol. The van der Waals surface area contributed by atoms with Crippen LogP contribution in [0.25, 0.3) is 0 Å². The number of carbonyl (C=O) groups is 2. The van der Waals surface area contributed by atoms with Gasteiger partial charge >= 0.3 is 0 Å². The molecular formula is C12H12BrIN2O2. The largest absolute Gasteiger partial charge is 0.372 e. The molecule has 0 saturated carbocycles. The zero-order chi connectivity index (χ0) is 13.3. The maximum Gasteiger partial charge on any atom is 0.252 e. The van der Waals surface area contributed by atoms with Crippen molar-refractivity contribution in [3.63, 3.8) is 0 Å². The molecule has 0 aliphatic carbocycles. The number of hydrogen-bond acceptors (Lipinski definition) is 3. The number of halogens is 2. The highest BCUT2D eigenvalue weighted by molar-refractivity contribution is 14.1. The molecule has 2 rings (SSSR count). The van der Waals surface area contributed by atoms with E-state index in [0.717, 1.165) is 13.7 Å². The van der Waals surface area contributed by atoms with Gasteiger partial charge in [0, 0.05) is 14.6 Å². The molecule has 1 aromatic rings. The fourth-order valence-electron chi connectivity index (χ4n) is 1.92. The average Bonchev–Trinajstić information content (AvgIpc) is 2.59. The molecule has 1 saturated heterocycles. The van der Waals surface area contributed by atoms with E-state index in [1.807, 2.05) is 18.2 Å². The highest BCUT2D eigenvalue weighted by atomic mass is 127. The first-order chi connectivity index (χ1) is 8.52. The number of benzene rings is 1. The number of carbonyl (C=O) groups excluding carboxylic acids is 2. The Hall–Kier alpha value is -0.630. The fraction of sp³-hybridized carbons (Fsp3) is 0.333. The maximum absolute atomic E-state index is 12.0. The van der Waals surface area contributed by atoms with Crippen LogP contribution >= 0.6 is 38.5 Å². The molecule has 0 spiro atoms. The van der Waals surface area contributed by atoms with Gasteiger partial charge in [-0.3, -0.25) is 14.5 Å². The summed E-state index contributed by atoms with van der Waals surface area (Å²) in [6.45, 7) is 2.24. The van der Waals surface area contributed by atoms with Gasteiger partial charge in [-0.25, -0.2) is 0 Å². The summed E-state index contributed by atoms with van der Waals surface area (Å²) in [7, 11) is 0. The predicted octanol–water partition coefficient (Wildman–Crippen LogP) is 2.61. The van der Waals surface area contributed by atoms with Crippen molar-refractivity contribution < 1.29 is 9.59 Å². The van der Waals surface area contributed by atoms with Crippen LogP contribution in [0.4, 0.5) is 5.69 Å². The molecule has 1 heterocycles. The molecule has 0 radical (unpaired) electrons. The number of hydrogen-bond donors (Lipinski definition) is 1. The molecule has 6 heteroatoms. The van der Waals surface area contributed by atoms with Crippen molar-refractivity contribution in [2.45, 2.75) is 19.4 Å². The van der Waals surface area contributed by atoms with Crippen molar-refractivity contribution in [3.05, 3.63) is 26.2 Å². The van der Waals surface area contributed by atoms with Crippen molar-refractivity contribution in [2.75, 3.05) is 11.9 Å². The number of amides is 2. The lowest BCUT2D eigenvalue weighted by Crippen LogP contribution is -2.34. The summed E-state index contributed by atoms with van der Waals surface area (Å²) >= 11 is 5.64. The Morgan fingerprint density at radius 1 is 1.50 bits per heavy atom. The van der Waals surface area contributed by atoms with Crippen molar-refractivity contribution >= 4 is 56.0 Å². The van der Waals surface area contributed by atoms with Crippen molar-refractivity contribution in [2.24, 2.45) is 0 Å². The minimum atomic E-state index is -0.452. The Morgan fingerprint density at radius 3 is 2.83 bits per heavy atom. The lowest BCUT2D eigenvalue weighted by molar-refractivity contribution is -0.138. The second-order valence-corrected chi connectivity index (χ2v) is 6.10. The number of likely N-dealkylation sites (N-methyl/N-ethyl adjacent to an activating group) is 1. The Morgan fingerprint density at radius 2 is 2.22 bits per heavy atom. The van der Waals surface area contributed by atoms with Gasteiger partial charge in [-0.05, 0) is 63.6 Å². The van der Waals surface area contributed by atoms with Gasteiger partial charge in [-0.15, -0.1) is 0 Å². The van der Waals surface area contributed by atoms with Gasteiger partial charge in [0.15, 0.2) is 0 Å². The third-order valence-corrected chi connectivity index (χ3v) is 4.18. The fourth-order valence-corrected chi connectivity index (χ4v) is 2.78. The monoisotopic (exact) mass is 422 g/mol. The van der Waals surface area contributed by atoms with Crippen LogP contribution in [-0.2, 0) is 9.59 Å². The van der Waals surface area contributed by atoms with E-state index in [-0.39, 0.29) is 18.2 Å². The van der Waals surface area contributed by atoms with Crippen molar-refractivity contribution in [1.29, 1.82) is 0 Å². The molecule has 1 aliphatic rings. The molecule has 0 aromatic heterocycles. The van der Waals surface area contributed by atoms with E-state index in [0.29, 0.717) is 6.54 Å². The molecule has 18 heavy (non-hydrogen) atoms. The summed E-state index contributed by atoms with van der Waals surface area (Å²) in [5.41, 5.74) is 0.839. The molecule has 96 valence electrons. The Balaban J connectivity index is 2.18. The second-order valence-electron chi connectivity index (χ2n) is 4.00. The van der Waals surface area contributed by atoms with Crippen LogP contribution in [0.1, 0.15) is 13.3 Å². The Bertz CT molecular complexity index is 507. The van der Waals surface area contributed by atoms with Crippen LogP contribution in [0.2, 0.25) is 0 Å². The molecular weight excluding hydrogens is 411 g/mol. The van der Waals surface area contributed by atoms with Crippen LogP contribution in [-0.4, -0.2) is 29.3 Å². The number of nitrogens with zero attached hydrogens (tertiary/aromatic N) is 1. The highest BCUT2D eigenvalue weighted by Crippen LogP contribution is 2.27. The molecule has 1 atom stereocenters. The van der Waals surface area contributed by atoms with E-state index < -0.39 is 6.04 Å². The zero-order valence-electron chi connectivity index (χ0n) is 9.74. The molecule has 1 N–H and O–H groups in total. The van der Waals surface area contributed by atoms with E-state index in [1.165, 1.54) is 4.90 Å². The Kier molecular flexibility index (Phi) is 4.26. The van der Waals surface area contributed by atoms with Gasteiger partial charge < -0.3 is 5.32 Å². The van der Waals surface area contributed by atoms with Crippen molar-refractivity contribution in [3.8, 4) is 0 Å². The summed E-state index contributed by atoms with van der Waals surface area (Å²) in [6, 6.07) is 5.38. The summed E-state index contributed by atoms with van der Waals surface area (Å²) < 4.78 is 1.96. The normalized spacial score (nSPS) is 19.5. The molecule has 0 bridgehead atoms. The first kappa shape index (κ1) is 13.8. The topological polar surface area (TPSA) is 49.4 Å². The lowest BCUT2D eigenvalue weighted by Gasteiger charge is -2.15. The minimum Gasteiger partial charge on any atom is -0.372 e. The van der Waals surface area contributed by atoms with Crippen LogP contribution in [0.15, 0.2) is 22.7 Å². The number of likely N-dealkylation sites (tertiary alicyclic amines) is 1. The van der Waals surface area contributed by atoms with Crippen LogP contribution in [0.3, 0.4) is 0 Å². The number of anilines is 1. The third kappa shape index (κ3) is 2.69. The van der Waals surface area contributed by atoms with Crippen molar-refractivity contribution in [1.82, 2.24) is 4.90 Å². The SMILES string of the molecule is CCN1C(=O)CC(Nc2cc(I)ccc2Br)C1=O. The molecule has 1 fully saturated rings. The van der Waals surface area contributed by atoms with Gasteiger partial charge in [0.2, 0.25) is 5.91 Å². The van der Waals surface area contributed by atoms with Gasteiger partial charge in [0.05, 0.1) is 12.1 Å². The summed E-state index contributed by atoms with van der Waals surface area (Å²) in [5, 5.41) is 3.13. The molecule has 4 nitrogen and oxygen atoms in total. The number of imide groups is 1. The molecule has 2 amide bonds. The van der Waals surface area contributed by atoms with Gasteiger partial charge in [-0.2, -0.15) is 0 Å². The Labute approximate surface area is 127 Å². The third-order valence-electron chi connectivity index (χ3n) is 2.82. The van der Waals surface area contributed by atoms with Crippen LogP contribution < -0.4 is 5.32 Å². The van der Waals surface area contributed by atoms with Gasteiger partial charge in [0.1, 0.15) is 6.04 Å². The summed E-state index contributed by atoms with van der Waals surface area (Å²) in [6.07, 6.45) is 0.227. The van der Waals surface area contributed by atoms with E-state index in [4.69, 9.17) is 0 Å². The first-order valence-electron chi connectivity index (χ1n) is 5.58. The van der Waals surface area contributed by atoms with E-state index in [9.17, 15) is 9.59 Å².